The van der Waals surface area contributed by atoms with Gasteiger partial charge in [-0.1, -0.05) is 41.9 Å². The van der Waals surface area contributed by atoms with Crippen molar-refractivity contribution in [3.05, 3.63) is 77.6 Å². The van der Waals surface area contributed by atoms with Crippen LogP contribution in [0.1, 0.15) is 23.3 Å². The Hall–Kier alpha value is -3.12. The molecule has 1 aromatic heterocycles. The molecule has 2 heterocycles. The van der Waals surface area contributed by atoms with Crippen molar-refractivity contribution in [2.75, 3.05) is 18.4 Å². The fourth-order valence-electron chi connectivity index (χ4n) is 3.51. The van der Waals surface area contributed by atoms with Crippen molar-refractivity contribution in [1.29, 1.82) is 0 Å². The Balaban J connectivity index is 1.44. The summed E-state index contributed by atoms with van der Waals surface area (Å²) in [4.78, 5) is 27.3. The standard InChI is InChI=1S/C22H21ClN4O2/c23-18-10-4-5-11-20(18)27-14-12-19(25-27)22(29)26-13-6-7-16(15-26)21(28)24-17-8-2-1-3-9-17/h1-5,8-12,14,16H,6-7,13,15H2,(H,24,28). The summed E-state index contributed by atoms with van der Waals surface area (Å²) < 4.78 is 1.60. The molecule has 3 aromatic rings. The average molecular weight is 409 g/mol. The number of hydrogen-bond acceptors (Lipinski definition) is 3. The molecule has 1 atom stereocenters. The van der Waals surface area contributed by atoms with Gasteiger partial charge < -0.3 is 10.2 Å². The Bertz CT molecular complexity index is 1020. The average Bonchev–Trinajstić information content (AvgIpc) is 3.24. The van der Waals surface area contributed by atoms with Gasteiger partial charge in [-0.3, -0.25) is 9.59 Å². The Morgan fingerprint density at radius 1 is 1.03 bits per heavy atom. The Kier molecular flexibility index (Phi) is 5.62. The van der Waals surface area contributed by atoms with E-state index in [1.807, 2.05) is 48.5 Å². The summed E-state index contributed by atoms with van der Waals surface area (Å²) in [6.45, 7) is 1.00. The van der Waals surface area contributed by atoms with E-state index in [0.29, 0.717) is 29.5 Å². The quantitative estimate of drug-likeness (QED) is 0.709. The second-order valence-electron chi connectivity index (χ2n) is 7.04. The molecule has 29 heavy (non-hydrogen) atoms. The summed E-state index contributed by atoms with van der Waals surface area (Å²) in [5.41, 5.74) is 1.82. The minimum absolute atomic E-state index is 0.0599. The maximum atomic E-state index is 12.9. The normalized spacial score (nSPS) is 16.4. The number of likely N-dealkylation sites (tertiary alicyclic amines) is 1. The zero-order valence-corrected chi connectivity index (χ0v) is 16.5. The first-order valence-electron chi connectivity index (χ1n) is 9.57. The van der Waals surface area contributed by atoms with Crippen molar-refractivity contribution in [2.45, 2.75) is 12.8 Å². The molecule has 1 fully saturated rings. The second kappa shape index (κ2) is 8.49. The lowest BCUT2D eigenvalue weighted by molar-refractivity contribution is -0.121. The molecule has 1 N–H and O–H groups in total. The lowest BCUT2D eigenvalue weighted by Gasteiger charge is -2.31. The summed E-state index contributed by atoms with van der Waals surface area (Å²) in [5, 5.41) is 7.89. The van der Waals surface area contributed by atoms with Crippen LogP contribution in [0.25, 0.3) is 5.69 Å². The summed E-state index contributed by atoms with van der Waals surface area (Å²) >= 11 is 6.22. The summed E-state index contributed by atoms with van der Waals surface area (Å²) in [6.07, 6.45) is 3.26. The van der Waals surface area contributed by atoms with Crippen LogP contribution < -0.4 is 5.32 Å². The van der Waals surface area contributed by atoms with Crippen molar-refractivity contribution >= 4 is 29.1 Å². The van der Waals surface area contributed by atoms with E-state index in [1.54, 1.807) is 27.9 Å². The van der Waals surface area contributed by atoms with Gasteiger partial charge in [0.25, 0.3) is 5.91 Å². The highest BCUT2D eigenvalue weighted by molar-refractivity contribution is 6.32. The van der Waals surface area contributed by atoms with Crippen molar-refractivity contribution < 1.29 is 9.59 Å². The molecule has 0 bridgehead atoms. The van der Waals surface area contributed by atoms with Crippen LogP contribution in [0.15, 0.2) is 66.9 Å². The zero-order valence-electron chi connectivity index (χ0n) is 15.8. The number of carbonyl (C=O) groups is 2. The van der Waals surface area contributed by atoms with Gasteiger partial charge in [-0.05, 0) is 43.2 Å². The summed E-state index contributed by atoms with van der Waals surface area (Å²) in [7, 11) is 0. The highest BCUT2D eigenvalue weighted by Crippen LogP contribution is 2.22. The molecule has 6 nitrogen and oxygen atoms in total. The fourth-order valence-corrected chi connectivity index (χ4v) is 3.74. The Morgan fingerprint density at radius 2 is 1.79 bits per heavy atom. The smallest absolute Gasteiger partial charge is 0.274 e. The SMILES string of the molecule is O=C(Nc1ccccc1)C1CCCN(C(=O)c2ccn(-c3ccccc3Cl)n2)C1. The highest BCUT2D eigenvalue weighted by atomic mass is 35.5. The minimum atomic E-state index is -0.237. The van der Waals surface area contributed by atoms with Crippen molar-refractivity contribution in [2.24, 2.45) is 5.92 Å². The maximum absolute atomic E-state index is 12.9. The molecule has 4 rings (SSSR count). The van der Waals surface area contributed by atoms with Gasteiger partial charge in [-0.25, -0.2) is 4.68 Å². The van der Waals surface area contributed by atoms with Gasteiger partial charge >= 0.3 is 0 Å². The minimum Gasteiger partial charge on any atom is -0.336 e. The Labute approximate surface area is 174 Å². The third-order valence-electron chi connectivity index (χ3n) is 5.03. The number of piperidine rings is 1. The molecule has 0 saturated carbocycles. The van der Waals surface area contributed by atoms with Crippen molar-refractivity contribution in [3.8, 4) is 5.69 Å². The fraction of sp³-hybridized carbons (Fsp3) is 0.227. The van der Waals surface area contributed by atoms with Crippen LogP contribution in [-0.2, 0) is 4.79 Å². The first-order chi connectivity index (χ1) is 14.1. The molecule has 148 valence electrons. The number of carbonyl (C=O) groups excluding carboxylic acids is 2. The highest BCUT2D eigenvalue weighted by Gasteiger charge is 2.30. The number of aromatic nitrogens is 2. The number of rotatable bonds is 4. The molecule has 1 saturated heterocycles. The van der Waals surface area contributed by atoms with Crippen molar-refractivity contribution in [1.82, 2.24) is 14.7 Å². The predicted molar refractivity (Wildman–Crippen MR) is 112 cm³/mol. The second-order valence-corrected chi connectivity index (χ2v) is 7.45. The molecule has 1 aliphatic heterocycles. The van der Waals surface area contributed by atoms with Gasteiger partial charge in [-0.2, -0.15) is 5.10 Å². The van der Waals surface area contributed by atoms with Gasteiger partial charge in [0.15, 0.2) is 5.69 Å². The third kappa shape index (κ3) is 4.32. The maximum Gasteiger partial charge on any atom is 0.274 e. The van der Waals surface area contributed by atoms with Crippen LogP contribution in [0.5, 0.6) is 0 Å². The van der Waals surface area contributed by atoms with E-state index in [4.69, 9.17) is 11.6 Å². The number of para-hydroxylation sites is 2. The summed E-state index contributed by atoms with van der Waals surface area (Å²) in [6, 6.07) is 18.4. The first kappa shape index (κ1) is 19.2. The zero-order chi connectivity index (χ0) is 20.2. The number of nitrogens with zero attached hydrogens (tertiary/aromatic N) is 3. The van der Waals surface area contributed by atoms with E-state index in [1.165, 1.54) is 0 Å². The number of halogens is 1. The van der Waals surface area contributed by atoms with Gasteiger partial charge in [0.05, 0.1) is 16.6 Å². The van der Waals surface area contributed by atoms with E-state index in [2.05, 4.69) is 10.4 Å². The predicted octanol–water partition coefficient (Wildman–Crippen LogP) is 4.02. The molecule has 0 radical (unpaired) electrons. The molecular formula is C22H21ClN4O2. The molecule has 2 amide bonds. The van der Waals surface area contributed by atoms with Crippen LogP contribution in [-0.4, -0.2) is 39.6 Å². The first-order valence-corrected chi connectivity index (χ1v) is 9.95. The monoisotopic (exact) mass is 408 g/mol. The van der Waals surface area contributed by atoms with Crippen LogP contribution >= 0.6 is 11.6 Å². The van der Waals surface area contributed by atoms with Gasteiger partial charge in [0.2, 0.25) is 5.91 Å². The topological polar surface area (TPSA) is 67.2 Å². The molecule has 1 unspecified atom stereocenters. The van der Waals surface area contributed by atoms with E-state index >= 15 is 0 Å². The van der Waals surface area contributed by atoms with E-state index < -0.39 is 0 Å². The van der Waals surface area contributed by atoms with Crippen LogP contribution in [0.3, 0.4) is 0 Å². The molecular weight excluding hydrogens is 388 g/mol. The lowest BCUT2D eigenvalue weighted by Crippen LogP contribution is -2.44. The number of benzene rings is 2. The largest absolute Gasteiger partial charge is 0.336 e. The van der Waals surface area contributed by atoms with Crippen LogP contribution in [0, 0.1) is 5.92 Å². The summed E-state index contributed by atoms with van der Waals surface area (Å²) in [5.74, 6) is -0.470. The van der Waals surface area contributed by atoms with Gasteiger partial charge in [0, 0.05) is 25.0 Å². The van der Waals surface area contributed by atoms with Gasteiger partial charge in [0.1, 0.15) is 0 Å². The molecule has 7 heteroatoms. The molecule has 2 aromatic carbocycles. The van der Waals surface area contributed by atoms with E-state index in [0.717, 1.165) is 18.5 Å². The van der Waals surface area contributed by atoms with Crippen LogP contribution in [0.2, 0.25) is 5.02 Å². The van der Waals surface area contributed by atoms with Gasteiger partial charge in [-0.15, -0.1) is 0 Å². The third-order valence-corrected chi connectivity index (χ3v) is 5.35. The Morgan fingerprint density at radius 3 is 2.59 bits per heavy atom. The molecule has 1 aliphatic rings. The number of amides is 2. The lowest BCUT2D eigenvalue weighted by atomic mass is 9.96. The molecule has 0 aliphatic carbocycles. The molecule has 0 spiro atoms. The number of hydrogen-bond donors (Lipinski definition) is 1. The van der Waals surface area contributed by atoms with E-state index in [-0.39, 0.29) is 17.7 Å². The number of nitrogens with one attached hydrogen (secondary N) is 1. The number of anilines is 1. The van der Waals surface area contributed by atoms with Crippen molar-refractivity contribution in [3.63, 3.8) is 0 Å². The van der Waals surface area contributed by atoms with Crippen LogP contribution in [0.4, 0.5) is 5.69 Å². The van der Waals surface area contributed by atoms with E-state index in [9.17, 15) is 9.59 Å².